The Kier molecular flexibility index (Phi) is 5.19. The van der Waals surface area contributed by atoms with E-state index in [9.17, 15) is 4.79 Å². The summed E-state index contributed by atoms with van der Waals surface area (Å²) >= 11 is 0. The summed E-state index contributed by atoms with van der Waals surface area (Å²) in [5.41, 5.74) is 3.04. The van der Waals surface area contributed by atoms with Gasteiger partial charge in [-0.1, -0.05) is 38.5 Å². The second kappa shape index (κ2) is 7.23. The number of amides is 1. The zero-order valence-electron chi connectivity index (χ0n) is 16.5. The standard InChI is InChI=1S/C21H30N4O/c1-14-6-8-17(9-7-14)25-19(13-18(24-25)21(3,4)5)23-20(26)16-10-11-22-15(2)12-16/h6-9,13,15-16,22H,10-12H2,1-5H3,(H,23,26)/t15-,16-/m0/s1. The van der Waals surface area contributed by atoms with Gasteiger partial charge in [0.2, 0.25) is 5.91 Å². The molecule has 0 aliphatic carbocycles. The van der Waals surface area contributed by atoms with Crippen LogP contribution < -0.4 is 10.6 Å². The quantitative estimate of drug-likeness (QED) is 0.881. The molecule has 1 amide bonds. The highest BCUT2D eigenvalue weighted by molar-refractivity contribution is 5.92. The maximum Gasteiger partial charge on any atom is 0.228 e. The van der Waals surface area contributed by atoms with Crippen molar-refractivity contribution in [3.8, 4) is 5.69 Å². The molecule has 5 nitrogen and oxygen atoms in total. The van der Waals surface area contributed by atoms with Crippen LogP contribution in [0.3, 0.4) is 0 Å². The number of nitrogens with zero attached hydrogens (tertiary/aromatic N) is 2. The largest absolute Gasteiger partial charge is 0.314 e. The first-order valence-corrected chi connectivity index (χ1v) is 9.46. The third-order valence-corrected chi connectivity index (χ3v) is 5.00. The minimum Gasteiger partial charge on any atom is -0.314 e. The zero-order valence-corrected chi connectivity index (χ0v) is 16.5. The number of hydrogen-bond donors (Lipinski definition) is 2. The van der Waals surface area contributed by atoms with E-state index in [1.54, 1.807) is 0 Å². The molecule has 2 heterocycles. The monoisotopic (exact) mass is 354 g/mol. The van der Waals surface area contributed by atoms with Crippen LogP contribution in [0.4, 0.5) is 5.82 Å². The van der Waals surface area contributed by atoms with Gasteiger partial charge in [0.25, 0.3) is 0 Å². The molecule has 5 heteroatoms. The second-order valence-electron chi connectivity index (χ2n) is 8.48. The molecule has 0 radical (unpaired) electrons. The Hall–Kier alpha value is -2.14. The minimum atomic E-state index is -0.0846. The molecular weight excluding hydrogens is 324 g/mol. The predicted molar refractivity (Wildman–Crippen MR) is 106 cm³/mol. The van der Waals surface area contributed by atoms with Crippen molar-refractivity contribution in [2.75, 3.05) is 11.9 Å². The summed E-state index contributed by atoms with van der Waals surface area (Å²) in [5, 5.41) is 11.3. The second-order valence-corrected chi connectivity index (χ2v) is 8.48. The van der Waals surface area contributed by atoms with Crippen LogP contribution in [0.15, 0.2) is 30.3 Å². The Balaban J connectivity index is 1.90. The zero-order chi connectivity index (χ0) is 18.9. The first-order valence-electron chi connectivity index (χ1n) is 9.46. The van der Waals surface area contributed by atoms with Crippen LogP contribution in [0.25, 0.3) is 5.69 Å². The third-order valence-electron chi connectivity index (χ3n) is 5.00. The SMILES string of the molecule is Cc1ccc(-n2nc(C(C)(C)C)cc2NC(=O)[C@H]2CCN[C@@H](C)C2)cc1. The number of piperidine rings is 1. The molecule has 3 rings (SSSR count). The molecular formula is C21H30N4O. The molecule has 1 aromatic heterocycles. The van der Waals surface area contributed by atoms with Crippen molar-refractivity contribution >= 4 is 11.7 Å². The normalized spacial score (nSPS) is 20.8. The van der Waals surface area contributed by atoms with E-state index in [2.05, 4.69) is 57.4 Å². The molecule has 0 saturated carbocycles. The molecule has 2 aromatic rings. The Bertz CT molecular complexity index is 770. The molecule has 1 aliphatic rings. The lowest BCUT2D eigenvalue weighted by Crippen LogP contribution is -2.40. The van der Waals surface area contributed by atoms with Crippen molar-refractivity contribution < 1.29 is 4.79 Å². The minimum absolute atomic E-state index is 0.0469. The topological polar surface area (TPSA) is 59.0 Å². The van der Waals surface area contributed by atoms with Crippen LogP contribution in [-0.4, -0.2) is 28.3 Å². The third kappa shape index (κ3) is 4.15. The maximum absolute atomic E-state index is 12.8. The molecule has 1 aromatic carbocycles. The number of aromatic nitrogens is 2. The molecule has 1 fully saturated rings. The fourth-order valence-corrected chi connectivity index (χ4v) is 3.32. The van der Waals surface area contributed by atoms with Crippen LogP contribution >= 0.6 is 0 Å². The highest BCUT2D eigenvalue weighted by Crippen LogP contribution is 2.27. The van der Waals surface area contributed by atoms with Crippen molar-refractivity contribution in [3.05, 3.63) is 41.6 Å². The summed E-state index contributed by atoms with van der Waals surface area (Å²) in [6.07, 6.45) is 1.75. The van der Waals surface area contributed by atoms with Crippen molar-refractivity contribution in [1.82, 2.24) is 15.1 Å². The summed E-state index contributed by atoms with van der Waals surface area (Å²) in [6, 6.07) is 10.6. The summed E-state index contributed by atoms with van der Waals surface area (Å²) in [7, 11) is 0. The lowest BCUT2D eigenvalue weighted by molar-refractivity contribution is -0.120. The lowest BCUT2D eigenvalue weighted by atomic mass is 9.92. The van der Waals surface area contributed by atoms with E-state index in [0.29, 0.717) is 6.04 Å². The fraction of sp³-hybridized carbons (Fsp3) is 0.524. The molecule has 0 unspecified atom stereocenters. The highest BCUT2D eigenvalue weighted by atomic mass is 16.2. The predicted octanol–water partition coefficient (Wildman–Crippen LogP) is 3.80. The van der Waals surface area contributed by atoms with Gasteiger partial charge in [0.1, 0.15) is 5.82 Å². The first-order chi connectivity index (χ1) is 12.2. The molecule has 0 spiro atoms. The van der Waals surface area contributed by atoms with Crippen LogP contribution in [0.5, 0.6) is 0 Å². The van der Waals surface area contributed by atoms with Crippen LogP contribution in [0.1, 0.15) is 51.8 Å². The molecule has 0 bridgehead atoms. The number of benzene rings is 1. The number of carbonyl (C=O) groups is 1. The Morgan fingerprint density at radius 1 is 1.27 bits per heavy atom. The summed E-state index contributed by atoms with van der Waals surface area (Å²) in [6.45, 7) is 11.5. The highest BCUT2D eigenvalue weighted by Gasteiger charge is 2.27. The van der Waals surface area contributed by atoms with Crippen LogP contribution in [0, 0.1) is 12.8 Å². The van der Waals surface area contributed by atoms with Crippen LogP contribution in [-0.2, 0) is 10.2 Å². The van der Waals surface area contributed by atoms with Crippen molar-refractivity contribution in [3.63, 3.8) is 0 Å². The lowest BCUT2D eigenvalue weighted by Gasteiger charge is -2.27. The number of nitrogens with one attached hydrogen (secondary N) is 2. The number of carbonyl (C=O) groups excluding carboxylic acids is 1. The van der Waals surface area contributed by atoms with E-state index in [4.69, 9.17) is 5.10 Å². The van der Waals surface area contributed by atoms with Crippen molar-refractivity contribution in [2.24, 2.45) is 5.92 Å². The van der Waals surface area contributed by atoms with E-state index in [1.165, 1.54) is 5.56 Å². The molecule has 1 aliphatic heterocycles. The molecule has 2 atom stereocenters. The molecule has 1 saturated heterocycles. The Morgan fingerprint density at radius 2 is 1.96 bits per heavy atom. The van der Waals surface area contributed by atoms with E-state index in [-0.39, 0.29) is 17.2 Å². The van der Waals surface area contributed by atoms with E-state index >= 15 is 0 Å². The van der Waals surface area contributed by atoms with E-state index in [1.807, 2.05) is 22.9 Å². The summed E-state index contributed by atoms with van der Waals surface area (Å²) < 4.78 is 1.85. The van der Waals surface area contributed by atoms with Gasteiger partial charge in [-0.3, -0.25) is 4.79 Å². The van der Waals surface area contributed by atoms with Crippen molar-refractivity contribution in [2.45, 2.75) is 58.9 Å². The summed E-state index contributed by atoms with van der Waals surface area (Å²) in [4.78, 5) is 12.8. The first kappa shape index (κ1) is 18.6. The molecule has 140 valence electrons. The van der Waals surface area contributed by atoms with E-state index in [0.717, 1.165) is 36.6 Å². The van der Waals surface area contributed by atoms with Gasteiger partial charge < -0.3 is 10.6 Å². The maximum atomic E-state index is 12.8. The van der Waals surface area contributed by atoms with Crippen molar-refractivity contribution in [1.29, 1.82) is 0 Å². The van der Waals surface area contributed by atoms with Gasteiger partial charge in [-0.15, -0.1) is 0 Å². The fourth-order valence-electron chi connectivity index (χ4n) is 3.32. The van der Waals surface area contributed by atoms with Gasteiger partial charge in [0.05, 0.1) is 11.4 Å². The molecule has 26 heavy (non-hydrogen) atoms. The van der Waals surface area contributed by atoms with Crippen LogP contribution in [0.2, 0.25) is 0 Å². The number of hydrogen-bond acceptors (Lipinski definition) is 3. The van der Waals surface area contributed by atoms with Gasteiger partial charge in [-0.25, -0.2) is 4.68 Å². The number of aryl methyl sites for hydroxylation is 1. The number of rotatable bonds is 3. The Morgan fingerprint density at radius 3 is 2.58 bits per heavy atom. The van der Waals surface area contributed by atoms with Gasteiger partial charge in [0, 0.05) is 23.4 Å². The average molecular weight is 354 g/mol. The molecule has 2 N–H and O–H groups in total. The number of anilines is 1. The van der Waals surface area contributed by atoms with E-state index < -0.39 is 0 Å². The smallest absolute Gasteiger partial charge is 0.228 e. The van der Waals surface area contributed by atoms with Gasteiger partial charge in [-0.05, 0) is 45.4 Å². The summed E-state index contributed by atoms with van der Waals surface area (Å²) in [5.74, 6) is 0.882. The average Bonchev–Trinajstić information content (AvgIpc) is 2.99. The van der Waals surface area contributed by atoms with Gasteiger partial charge in [-0.2, -0.15) is 5.10 Å². The van der Waals surface area contributed by atoms with Gasteiger partial charge in [0.15, 0.2) is 0 Å². The van der Waals surface area contributed by atoms with Gasteiger partial charge >= 0.3 is 0 Å². The Labute approximate surface area is 156 Å².